The molecule has 0 amide bonds. The second-order valence-corrected chi connectivity index (χ2v) is 41.0. The van der Waals surface area contributed by atoms with E-state index >= 15 is 0 Å². The largest absolute Gasteiger partial charge is 0.345 e. The summed E-state index contributed by atoms with van der Waals surface area (Å²) in [5.41, 5.74) is 29.3. The van der Waals surface area contributed by atoms with E-state index < -0.39 is 0 Å². The molecule has 0 bridgehead atoms. The molecular weight excluding hydrogens is 1780 g/mol. The third kappa shape index (κ3) is 14.8. The average Bonchev–Trinajstić information content (AvgIpc) is 1.70. The Morgan fingerprint density at radius 3 is 1.01 bits per heavy atom. The molecule has 0 saturated carbocycles. The molecular formula is C130H96N4O8S. The summed E-state index contributed by atoms with van der Waals surface area (Å²) in [5, 5.41) is 6.90. The van der Waals surface area contributed by atoms with Crippen LogP contribution in [0.15, 0.2) is 398 Å². The summed E-state index contributed by atoms with van der Waals surface area (Å²) in [6.45, 7) is 18.1. The quantitative estimate of drug-likeness (QED) is 0.105. The maximum absolute atomic E-state index is 13.4. The van der Waals surface area contributed by atoms with Gasteiger partial charge >= 0.3 is 0 Å². The van der Waals surface area contributed by atoms with E-state index in [0.717, 1.165) is 110 Å². The highest BCUT2D eigenvalue weighted by atomic mass is 32.1. The number of benzene rings is 17. The summed E-state index contributed by atoms with van der Waals surface area (Å²) in [4.78, 5) is 115. The van der Waals surface area contributed by atoms with Crippen LogP contribution in [0.25, 0.3) is 67.7 Å². The van der Waals surface area contributed by atoms with Gasteiger partial charge in [-0.1, -0.05) is 292 Å². The van der Waals surface area contributed by atoms with Gasteiger partial charge in [-0.3, -0.25) is 38.4 Å². The van der Waals surface area contributed by atoms with Crippen LogP contribution < -0.4 is 19.6 Å². The van der Waals surface area contributed by atoms with Crippen LogP contribution >= 0.6 is 11.3 Å². The van der Waals surface area contributed by atoms with Crippen molar-refractivity contribution in [2.75, 3.05) is 33.7 Å². The number of Topliss-reactive ketones (excluding diaryl/α,β-unsaturated/α-hetero) is 8. The molecule has 0 fully saturated rings. The summed E-state index contributed by atoms with van der Waals surface area (Å²) in [6.07, 6.45) is 7.01. The van der Waals surface area contributed by atoms with Crippen LogP contribution in [0.3, 0.4) is 0 Å². The summed E-state index contributed by atoms with van der Waals surface area (Å²) < 4.78 is 0. The Labute approximate surface area is 833 Å². The van der Waals surface area contributed by atoms with Crippen LogP contribution in [0, 0.1) is 0 Å². The number of fused-ring (bicyclic) bond motifs is 16. The van der Waals surface area contributed by atoms with Gasteiger partial charge in [0.1, 0.15) is 5.00 Å². The lowest BCUT2D eigenvalue weighted by molar-refractivity contribution is 0.0975. The van der Waals surface area contributed by atoms with Gasteiger partial charge in [-0.2, -0.15) is 0 Å². The van der Waals surface area contributed by atoms with E-state index in [4.69, 9.17) is 0 Å². The van der Waals surface area contributed by atoms with Crippen LogP contribution in [-0.4, -0.2) is 60.4 Å². The first-order valence-electron chi connectivity index (χ1n) is 48.2. The maximum Gasteiger partial charge on any atom is 0.197 e. The van der Waals surface area contributed by atoms with E-state index in [9.17, 15) is 38.4 Å². The van der Waals surface area contributed by atoms with Gasteiger partial charge in [0.05, 0.1) is 39.4 Å². The molecule has 5 aliphatic carbocycles. The number of carbonyl (C=O) groups excluding carboxylic acids is 8. The number of thiophene rings is 1. The Kier molecular flexibility index (Phi) is 21.5. The lowest BCUT2D eigenvalue weighted by atomic mass is 9.71. The molecule has 143 heavy (non-hydrogen) atoms. The molecule has 0 atom stereocenters. The van der Waals surface area contributed by atoms with Gasteiger partial charge in [0, 0.05) is 119 Å². The molecule has 0 spiro atoms. The lowest BCUT2D eigenvalue weighted by Gasteiger charge is -2.42. The van der Waals surface area contributed by atoms with Gasteiger partial charge in [-0.25, -0.2) is 0 Å². The van der Waals surface area contributed by atoms with Crippen molar-refractivity contribution in [3.05, 3.63) is 509 Å². The predicted molar refractivity (Wildman–Crippen MR) is 581 cm³/mol. The van der Waals surface area contributed by atoms with E-state index in [2.05, 4.69) is 234 Å². The molecule has 8 aliphatic rings. The minimum atomic E-state index is -0.269. The van der Waals surface area contributed by atoms with Gasteiger partial charge in [-0.05, 0) is 268 Å². The molecule has 0 radical (unpaired) electrons. The second kappa shape index (κ2) is 34.4. The molecule has 690 valence electrons. The van der Waals surface area contributed by atoms with Gasteiger partial charge in [0.25, 0.3) is 0 Å². The van der Waals surface area contributed by atoms with E-state index in [1.54, 1.807) is 59.9 Å². The van der Waals surface area contributed by atoms with E-state index in [1.165, 1.54) is 55.8 Å². The number of carbonyl (C=O) groups is 8. The van der Waals surface area contributed by atoms with Crippen molar-refractivity contribution >= 4 is 170 Å². The van der Waals surface area contributed by atoms with Crippen molar-refractivity contribution in [2.24, 2.45) is 0 Å². The first-order valence-corrected chi connectivity index (χ1v) is 49.1. The number of hydrogen-bond acceptors (Lipinski definition) is 13. The summed E-state index contributed by atoms with van der Waals surface area (Å²) in [5.74, 6) is -1.59. The molecule has 17 aromatic carbocycles. The van der Waals surface area contributed by atoms with Crippen LogP contribution in [-0.2, 0) is 21.7 Å². The molecule has 0 N–H and O–H groups in total. The number of ketones is 8. The molecule has 13 heteroatoms. The smallest absolute Gasteiger partial charge is 0.197 e. The predicted octanol–water partition coefficient (Wildman–Crippen LogP) is 30.8. The Bertz CT molecular complexity index is 8520. The molecule has 18 aromatic rings. The number of anilines is 10. The topological polar surface area (TPSA) is 150 Å². The molecule has 4 heterocycles. The van der Waals surface area contributed by atoms with Crippen LogP contribution in [0.2, 0.25) is 0 Å². The number of hydrogen-bond donors (Lipinski definition) is 0. The van der Waals surface area contributed by atoms with Crippen molar-refractivity contribution in [3.8, 4) is 11.1 Å². The minimum Gasteiger partial charge on any atom is -0.345 e. The lowest BCUT2D eigenvalue weighted by Crippen LogP contribution is -2.31. The standard InChI is InChI=1S/C35H29NO2.C35H25NO2.C33H23NO2S.C27H19NO2/c1-34(2)26-13-9-8-10-21(26)24-18-29-31(19-27(24)34)36(5)30-15-14-20(17-28(30)35(29,3)4)16-25-32(37)22-11-6-7-12-23(22)33(25)38;1-35(2)29-14-8-9-15-31(29)36(25-12-4-3-5-13-25)32-17-16-22(19-30(32)35)18-28-33(37)26-20-23-10-6-7-11-24(23)21-27(26)34(28)38;1-33(2)27-14-8-9-15-29(27)34(22-12-4-3-5-13-22)32-28(33)19-23(37-32)18-26-30(35)24-16-20-10-6-7-11-21(20)17-25(24)31(26)36;1-28(21-9-3-2-4-10-21)22-13-11-18(12-14-22)15-25-26(29)23-16-19-7-5-6-8-20(19)17-24(23)27(25)30/h6-19H,1-5H3;3-21H,1-2H3;3-19H,1-2H3;2-17H,1H3. The van der Waals surface area contributed by atoms with Crippen molar-refractivity contribution in [3.63, 3.8) is 0 Å². The molecule has 1 aromatic heterocycles. The number of para-hydroxylation sites is 5. The maximum atomic E-state index is 13.4. The van der Waals surface area contributed by atoms with Gasteiger partial charge < -0.3 is 19.6 Å². The van der Waals surface area contributed by atoms with E-state index in [1.807, 2.05) is 207 Å². The normalized spacial score (nSPS) is 15.4. The fraction of sp³-hybridized carbons (Fsp3) is 0.108. The first-order chi connectivity index (χ1) is 69.1. The van der Waals surface area contributed by atoms with Gasteiger partial charge in [0.2, 0.25) is 0 Å². The fourth-order valence-corrected chi connectivity index (χ4v) is 23.6. The van der Waals surface area contributed by atoms with Gasteiger partial charge in [-0.15, -0.1) is 11.3 Å². The molecule has 0 saturated heterocycles. The third-order valence-electron chi connectivity index (χ3n) is 30.1. The molecule has 26 rings (SSSR count). The zero-order valence-corrected chi connectivity index (χ0v) is 81.4. The van der Waals surface area contributed by atoms with Crippen LogP contribution in [0.4, 0.5) is 56.2 Å². The highest BCUT2D eigenvalue weighted by Gasteiger charge is 2.46. The highest BCUT2D eigenvalue weighted by Crippen LogP contribution is 2.59. The molecule has 3 aliphatic heterocycles. The molecule has 12 nitrogen and oxygen atoms in total. The monoisotopic (exact) mass is 1870 g/mol. The SMILES string of the molecule is CC1(C)c2ccccc2N(c2ccccc2)c2ccc(C=C3C(=O)c4cc5ccccc5cc4C3=O)cc21.CC1(C)c2ccccc2N(c2ccccc2)c2sc(C=C3C(=O)c4cc5ccccc5cc4C3=O)cc21.CN(c1ccccc1)c1ccc(C=C2C(=O)c3cc4ccccc4cc3C2=O)cc1.CN1c2ccc(C=C3C(=O)c4ccccc4C3=O)cc2C(C)(C)c2cc3c(cc21)C(C)(C)c1ccccc1-3. The van der Waals surface area contributed by atoms with Crippen molar-refractivity contribution < 1.29 is 38.4 Å². The van der Waals surface area contributed by atoms with Crippen molar-refractivity contribution in [1.29, 1.82) is 0 Å². The fourth-order valence-electron chi connectivity index (χ4n) is 22.3. The number of rotatable bonds is 8. The van der Waals surface area contributed by atoms with Crippen LogP contribution in [0.5, 0.6) is 0 Å². The summed E-state index contributed by atoms with van der Waals surface area (Å²) >= 11 is 1.62. The van der Waals surface area contributed by atoms with E-state index in [0.29, 0.717) is 44.5 Å². The number of allylic oxidation sites excluding steroid dienone is 4. The summed E-state index contributed by atoms with van der Waals surface area (Å²) in [6, 6.07) is 125. The first kappa shape index (κ1) is 89.6. The van der Waals surface area contributed by atoms with Gasteiger partial charge in [0.15, 0.2) is 46.3 Å². The summed E-state index contributed by atoms with van der Waals surface area (Å²) in [7, 11) is 4.14. The molecule has 0 unspecified atom stereocenters. The van der Waals surface area contributed by atoms with Crippen molar-refractivity contribution in [2.45, 2.75) is 77.0 Å². The minimum absolute atomic E-state index is 0.0554. The average molecular weight is 1870 g/mol. The third-order valence-corrected chi connectivity index (χ3v) is 31.2. The van der Waals surface area contributed by atoms with Crippen LogP contribution in [0.1, 0.15) is 204 Å². The van der Waals surface area contributed by atoms with Crippen molar-refractivity contribution in [1.82, 2.24) is 0 Å². The second-order valence-electron chi connectivity index (χ2n) is 39.9. The Balaban J connectivity index is 0.000000106. The highest BCUT2D eigenvalue weighted by molar-refractivity contribution is 7.17. The number of nitrogens with zero attached hydrogens (tertiary/aromatic N) is 4. The zero-order chi connectivity index (χ0) is 98.6. The zero-order valence-electron chi connectivity index (χ0n) is 80.6. The Morgan fingerprint density at radius 2 is 0.545 bits per heavy atom. The Hall–Kier alpha value is -17.3. The van der Waals surface area contributed by atoms with E-state index in [-0.39, 0.29) is 90.2 Å². The Morgan fingerprint density at radius 1 is 0.231 bits per heavy atom.